The van der Waals surface area contributed by atoms with Gasteiger partial charge in [-0.1, -0.05) is 48.5 Å². The van der Waals surface area contributed by atoms with Crippen molar-refractivity contribution in [1.82, 2.24) is 0 Å². The van der Waals surface area contributed by atoms with Gasteiger partial charge in [-0.2, -0.15) is 0 Å². The molecule has 1 N–H and O–H groups in total. The van der Waals surface area contributed by atoms with Crippen molar-refractivity contribution in [2.45, 2.75) is 13.0 Å². The fourth-order valence-corrected chi connectivity index (χ4v) is 2.90. The Labute approximate surface area is 132 Å². The Morgan fingerprint density at radius 2 is 1.62 bits per heavy atom. The van der Waals surface area contributed by atoms with Gasteiger partial charge in [0, 0.05) is 5.56 Å². The molecular weight excluding hydrogens is 328 g/mol. The quantitative estimate of drug-likeness (QED) is 0.685. The van der Waals surface area contributed by atoms with Crippen molar-refractivity contribution in [2.24, 2.45) is 0 Å². The van der Waals surface area contributed by atoms with Gasteiger partial charge in [-0.15, -0.1) is 0 Å². The van der Waals surface area contributed by atoms with Crippen LogP contribution in [0.15, 0.2) is 65.1 Å². The van der Waals surface area contributed by atoms with Gasteiger partial charge in [0.1, 0.15) is 11.5 Å². The highest BCUT2D eigenvalue weighted by molar-refractivity contribution is 9.10. The monoisotopic (exact) mass is 342 g/mol. The minimum Gasteiger partial charge on any atom is -0.456 e. The molecule has 1 atom stereocenters. The van der Waals surface area contributed by atoms with Gasteiger partial charge in [0.25, 0.3) is 0 Å². The molecule has 0 aliphatic heterocycles. The van der Waals surface area contributed by atoms with Gasteiger partial charge in [0.2, 0.25) is 0 Å². The van der Waals surface area contributed by atoms with E-state index in [4.69, 9.17) is 4.74 Å². The van der Waals surface area contributed by atoms with Gasteiger partial charge in [0.15, 0.2) is 0 Å². The summed E-state index contributed by atoms with van der Waals surface area (Å²) in [4.78, 5) is 0. The predicted molar refractivity (Wildman–Crippen MR) is 88.8 cm³/mol. The van der Waals surface area contributed by atoms with E-state index in [1.807, 2.05) is 54.6 Å². The van der Waals surface area contributed by atoms with Crippen molar-refractivity contribution in [3.8, 4) is 11.5 Å². The maximum atomic E-state index is 9.83. The standard InChI is InChI=1S/C18H15BrO2/c1-12(20)14-7-4-5-9-16(14)21-17-11-10-13-6-2-3-8-15(13)18(17)19/h2-12,20H,1H3/t12-/m0/s1. The normalized spacial score (nSPS) is 12.3. The summed E-state index contributed by atoms with van der Waals surface area (Å²) in [6.45, 7) is 1.73. The number of aliphatic hydroxyl groups excluding tert-OH is 1. The lowest BCUT2D eigenvalue weighted by Crippen LogP contribution is -1.96. The Bertz CT molecular complexity index is 781. The summed E-state index contributed by atoms with van der Waals surface area (Å²) in [7, 11) is 0. The highest BCUT2D eigenvalue weighted by atomic mass is 79.9. The number of aliphatic hydroxyl groups is 1. The van der Waals surface area contributed by atoms with Crippen molar-refractivity contribution in [3.05, 3.63) is 70.7 Å². The SMILES string of the molecule is C[C@H](O)c1ccccc1Oc1ccc2ccccc2c1Br. The molecule has 0 aromatic heterocycles. The molecule has 0 amide bonds. The van der Waals surface area contributed by atoms with Gasteiger partial charge in [-0.25, -0.2) is 0 Å². The van der Waals surface area contributed by atoms with E-state index in [1.54, 1.807) is 6.92 Å². The first kappa shape index (κ1) is 14.1. The molecule has 0 spiro atoms. The second-order valence-electron chi connectivity index (χ2n) is 4.91. The molecule has 3 rings (SSSR count). The summed E-state index contributed by atoms with van der Waals surface area (Å²) in [6, 6.07) is 19.6. The number of fused-ring (bicyclic) bond motifs is 1. The average Bonchev–Trinajstić information content (AvgIpc) is 2.51. The van der Waals surface area contributed by atoms with E-state index < -0.39 is 6.10 Å². The molecule has 3 heteroatoms. The number of rotatable bonds is 3. The number of para-hydroxylation sites is 1. The molecule has 3 aromatic rings. The first-order valence-electron chi connectivity index (χ1n) is 6.79. The second kappa shape index (κ2) is 5.88. The molecule has 0 saturated heterocycles. The largest absolute Gasteiger partial charge is 0.456 e. The Morgan fingerprint density at radius 3 is 2.43 bits per heavy atom. The van der Waals surface area contributed by atoms with Gasteiger partial charge in [0.05, 0.1) is 10.6 Å². The van der Waals surface area contributed by atoms with Crippen LogP contribution in [0.3, 0.4) is 0 Å². The van der Waals surface area contributed by atoms with Crippen LogP contribution in [0, 0.1) is 0 Å². The fourth-order valence-electron chi connectivity index (χ4n) is 2.33. The van der Waals surface area contributed by atoms with Crippen LogP contribution in [0.5, 0.6) is 11.5 Å². The minimum atomic E-state index is -0.569. The number of hydrogen-bond acceptors (Lipinski definition) is 2. The molecule has 0 fully saturated rings. The third kappa shape index (κ3) is 2.80. The summed E-state index contributed by atoms with van der Waals surface area (Å²) in [5, 5.41) is 12.1. The van der Waals surface area contributed by atoms with Crippen LogP contribution in [0.2, 0.25) is 0 Å². The van der Waals surface area contributed by atoms with Crippen LogP contribution in [-0.2, 0) is 0 Å². The predicted octanol–water partition coefficient (Wildman–Crippen LogP) is 5.45. The maximum absolute atomic E-state index is 9.83. The zero-order valence-corrected chi connectivity index (χ0v) is 13.2. The van der Waals surface area contributed by atoms with E-state index in [-0.39, 0.29) is 0 Å². The van der Waals surface area contributed by atoms with Crippen LogP contribution < -0.4 is 4.74 Å². The molecule has 0 aliphatic rings. The van der Waals surface area contributed by atoms with Gasteiger partial charge in [-0.3, -0.25) is 0 Å². The Kier molecular flexibility index (Phi) is 3.95. The number of hydrogen-bond donors (Lipinski definition) is 1. The Hall–Kier alpha value is -1.84. The lowest BCUT2D eigenvalue weighted by atomic mass is 10.1. The third-order valence-electron chi connectivity index (χ3n) is 3.42. The highest BCUT2D eigenvalue weighted by Crippen LogP contribution is 2.37. The smallest absolute Gasteiger partial charge is 0.142 e. The lowest BCUT2D eigenvalue weighted by Gasteiger charge is -2.14. The summed E-state index contributed by atoms with van der Waals surface area (Å²) < 4.78 is 6.92. The molecule has 0 heterocycles. The van der Waals surface area contributed by atoms with E-state index in [0.717, 1.165) is 26.6 Å². The van der Waals surface area contributed by atoms with E-state index in [2.05, 4.69) is 22.0 Å². The van der Waals surface area contributed by atoms with Crippen LogP contribution in [-0.4, -0.2) is 5.11 Å². The van der Waals surface area contributed by atoms with Crippen LogP contribution >= 0.6 is 15.9 Å². The Morgan fingerprint density at radius 1 is 0.905 bits per heavy atom. The fraction of sp³-hybridized carbons (Fsp3) is 0.111. The van der Waals surface area contributed by atoms with Crippen molar-refractivity contribution in [2.75, 3.05) is 0 Å². The summed E-state index contributed by atoms with van der Waals surface area (Å²) >= 11 is 3.61. The number of benzene rings is 3. The lowest BCUT2D eigenvalue weighted by molar-refractivity contribution is 0.195. The first-order valence-corrected chi connectivity index (χ1v) is 7.58. The van der Waals surface area contributed by atoms with Crippen molar-refractivity contribution >= 4 is 26.7 Å². The van der Waals surface area contributed by atoms with Crippen LogP contribution in [0.4, 0.5) is 0 Å². The molecule has 2 nitrogen and oxygen atoms in total. The van der Waals surface area contributed by atoms with Gasteiger partial charge in [-0.05, 0) is 45.8 Å². The summed E-state index contributed by atoms with van der Waals surface area (Å²) in [5.74, 6) is 1.41. The maximum Gasteiger partial charge on any atom is 0.142 e. The molecule has 0 saturated carbocycles. The van der Waals surface area contributed by atoms with E-state index >= 15 is 0 Å². The van der Waals surface area contributed by atoms with Crippen molar-refractivity contribution < 1.29 is 9.84 Å². The van der Waals surface area contributed by atoms with E-state index in [1.165, 1.54) is 0 Å². The molecule has 0 bridgehead atoms. The molecular formula is C18H15BrO2. The molecule has 0 radical (unpaired) electrons. The molecule has 0 unspecified atom stereocenters. The first-order chi connectivity index (χ1) is 10.2. The second-order valence-corrected chi connectivity index (χ2v) is 5.71. The Balaban J connectivity index is 2.05. The molecule has 21 heavy (non-hydrogen) atoms. The molecule has 3 aromatic carbocycles. The van der Waals surface area contributed by atoms with E-state index in [0.29, 0.717) is 5.75 Å². The zero-order chi connectivity index (χ0) is 14.8. The summed E-state index contributed by atoms with van der Waals surface area (Å²) in [5.41, 5.74) is 0.776. The number of halogens is 1. The van der Waals surface area contributed by atoms with Crippen LogP contribution in [0.1, 0.15) is 18.6 Å². The van der Waals surface area contributed by atoms with Crippen molar-refractivity contribution in [3.63, 3.8) is 0 Å². The number of ether oxygens (including phenoxy) is 1. The summed E-state index contributed by atoms with van der Waals surface area (Å²) in [6.07, 6.45) is -0.569. The highest BCUT2D eigenvalue weighted by Gasteiger charge is 2.12. The van der Waals surface area contributed by atoms with E-state index in [9.17, 15) is 5.11 Å². The molecule has 0 aliphatic carbocycles. The molecule has 106 valence electrons. The van der Waals surface area contributed by atoms with Gasteiger partial charge >= 0.3 is 0 Å². The topological polar surface area (TPSA) is 29.5 Å². The van der Waals surface area contributed by atoms with Crippen molar-refractivity contribution in [1.29, 1.82) is 0 Å². The van der Waals surface area contributed by atoms with Gasteiger partial charge < -0.3 is 9.84 Å². The minimum absolute atomic E-state index is 0.569. The third-order valence-corrected chi connectivity index (χ3v) is 4.23. The zero-order valence-electron chi connectivity index (χ0n) is 11.6. The van der Waals surface area contributed by atoms with Crippen LogP contribution in [0.25, 0.3) is 10.8 Å². The average molecular weight is 343 g/mol.